The second-order valence-electron chi connectivity index (χ2n) is 3.94. The fourth-order valence-corrected chi connectivity index (χ4v) is 2.76. The first-order valence-corrected chi connectivity index (χ1v) is 7.62. The molecule has 1 fully saturated rings. The molecule has 5 nitrogen and oxygen atoms in total. The third kappa shape index (κ3) is 4.27. The molecule has 0 atom stereocenters. The van der Waals surface area contributed by atoms with Gasteiger partial charge >= 0.3 is 0 Å². The molecule has 7 heteroatoms. The molecule has 1 aliphatic heterocycles. The van der Waals surface area contributed by atoms with Crippen LogP contribution in [-0.4, -0.2) is 49.9 Å². The van der Waals surface area contributed by atoms with Crippen LogP contribution in [0.2, 0.25) is 0 Å². The van der Waals surface area contributed by atoms with Crippen LogP contribution in [0.5, 0.6) is 0 Å². The number of piperidine rings is 1. The zero-order chi connectivity index (χ0) is 12.2. The number of carbonyl (C=O) groups excluding carboxylic acids is 1. The summed E-state index contributed by atoms with van der Waals surface area (Å²) in [7, 11) is -3.09. The summed E-state index contributed by atoms with van der Waals surface area (Å²) in [5.41, 5.74) is 0. The topological polar surface area (TPSA) is 66.5 Å². The Morgan fingerprint density at radius 3 is 2.44 bits per heavy atom. The smallest absolute Gasteiger partial charge is 0.221 e. The summed E-state index contributed by atoms with van der Waals surface area (Å²) in [5, 5.41) is 2.85. The van der Waals surface area contributed by atoms with E-state index in [1.165, 1.54) is 10.6 Å². The van der Waals surface area contributed by atoms with Crippen LogP contribution in [-0.2, 0) is 14.8 Å². The van der Waals surface area contributed by atoms with Gasteiger partial charge in [-0.25, -0.2) is 12.7 Å². The monoisotopic (exact) mass is 268 g/mol. The van der Waals surface area contributed by atoms with Crippen molar-refractivity contribution < 1.29 is 13.2 Å². The second kappa shape index (κ2) is 5.84. The molecular weight excluding hydrogens is 252 g/mol. The van der Waals surface area contributed by atoms with E-state index in [2.05, 4.69) is 5.32 Å². The molecule has 0 aromatic carbocycles. The zero-order valence-electron chi connectivity index (χ0n) is 9.28. The Morgan fingerprint density at radius 2 is 2.00 bits per heavy atom. The molecular formula is C9H17ClN2O3S. The van der Waals surface area contributed by atoms with Gasteiger partial charge in [0, 0.05) is 31.4 Å². The summed E-state index contributed by atoms with van der Waals surface area (Å²) < 4.78 is 23.9. The Bertz CT molecular complexity index is 337. The molecule has 0 unspecified atom stereocenters. The Morgan fingerprint density at radius 1 is 1.44 bits per heavy atom. The Labute approximate surface area is 101 Å². The van der Waals surface area contributed by atoms with Crippen molar-refractivity contribution in [1.82, 2.24) is 9.62 Å². The number of amides is 1. The van der Waals surface area contributed by atoms with Gasteiger partial charge in [0.05, 0.1) is 6.26 Å². The van der Waals surface area contributed by atoms with E-state index in [-0.39, 0.29) is 11.9 Å². The van der Waals surface area contributed by atoms with E-state index in [0.717, 1.165) is 0 Å². The highest BCUT2D eigenvalue weighted by Crippen LogP contribution is 2.13. The first kappa shape index (κ1) is 13.7. The molecule has 16 heavy (non-hydrogen) atoms. The van der Waals surface area contributed by atoms with Crippen molar-refractivity contribution in [2.24, 2.45) is 0 Å². The highest BCUT2D eigenvalue weighted by atomic mass is 35.5. The second-order valence-corrected chi connectivity index (χ2v) is 6.30. The molecule has 1 heterocycles. The number of sulfonamides is 1. The molecule has 0 spiro atoms. The van der Waals surface area contributed by atoms with Gasteiger partial charge in [-0.05, 0) is 12.8 Å². The lowest BCUT2D eigenvalue weighted by Gasteiger charge is -2.30. The lowest BCUT2D eigenvalue weighted by atomic mass is 10.1. The number of hydrogen-bond acceptors (Lipinski definition) is 3. The van der Waals surface area contributed by atoms with Gasteiger partial charge in [-0.3, -0.25) is 4.79 Å². The summed E-state index contributed by atoms with van der Waals surface area (Å²) in [4.78, 5) is 11.3. The van der Waals surface area contributed by atoms with Gasteiger partial charge in [-0.15, -0.1) is 11.6 Å². The molecule has 0 aromatic rings. The first-order valence-electron chi connectivity index (χ1n) is 5.24. The molecule has 1 rings (SSSR count). The average Bonchev–Trinajstić information content (AvgIpc) is 2.17. The predicted molar refractivity (Wildman–Crippen MR) is 62.9 cm³/mol. The minimum absolute atomic E-state index is 0.0622. The van der Waals surface area contributed by atoms with Crippen LogP contribution >= 0.6 is 11.6 Å². The number of nitrogens with zero attached hydrogens (tertiary/aromatic N) is 1. The Hall–Kier alpha value is -0.330. The lowest BCUT2D eigenvalue weighted by molar-refractivity contribution is -0.121. The number of alkyl halides is 1. The molecule has 0 radical (unpaired) electrons. The van der Waals surface area contributed by atoms with E-state index in [1.807, 2.05) is 0 Å². The van der Waals surface area contributed by atoms with Crippen molar-refractivity contribution in [3.05, 3.63) is 0 Å². The van der Waals surface area contributed by atoms with E-state index in [0.29, 0.717) is 38.2 Å². The van der Waals surface area contributed by atoms with Crippen LogP contribution in [0.15, 0.2) is 0 Å². The molecule has 94 valence electrons. The zero-order valence-corrected chi connectivity index (χ0v) is 10.9. The van der Waals surface area contributed by atoms with Gasteiger partial charge in [0.2, 0.25) is 15.9 Å². The quantitative estimate of drug-likeness (QED) is 0.739. The summed E-state index contributed by atoms with van der Waals surface area (Å²) in [6, 6.07) is 0.0775. The van der Waals surface area contributed by atoms with E-state index in [4.69, 9.17) is 11.6 Å². The van der Waals surface area contributed by atoms with E-state index in [9.17, 15) is 13.2 Å². The third-order valence-electron chi connectivity index (χ3n) is 2.61. The third-order valence-corrected chi connectivity index (χ3v) is 4.10. The average molecular weight is 269 g/mol. The van der Waals surface area contributed by atoms with Crippen LogP contribution in [0.3, 0.4) is 0 Å². The molecule has 1 N–H and O–H groups in total. The summed E-state index contributed by atoms with van der Waals surface area (Å²) in [6.45, 7) is 0.954. The van der Waals surface area contributed by atoms with Crippen molar-refractivity contribution in [3.8, 4) is 0 Å². The molecule has 0 aliphatic carbocycles. The van der Waals surface area contributed by atoms with Gasteiger partial charge in [0.15, 0.2) is 0 Å². The number of halogens is 1. The van der Waals surface area contributed by atoms with Crippen LogP contribution in [0.4, 0.5) is 0 Å². The van der Waals surface area contributed by atoms with Crippen molar-refractivity contribution in [2.45, 2.75) is 25.3 Å². The first-order chi connectivity index (χ1) is 7.43. The standard InChI is InChI=1S/C9H17ClN2O3S/c1-16(14,15)12-6-3-8(4-7-12)11-9(13)2-5-10/h8H,2-7H2,1H3,(H,11,13). The molecule has 1 aliphatic rings. The maximum Gasteiger partial charge on any atom is 0.221 e. The Kier molecular flexibility index (Phi) is 5.01. The van der Waals surface area contributed by atoms with E-state index in [1.54, 1.807) is 0 Å². The van der Waals surface area contributed by atoms with Gasteiger partial charge in [0.1, 0.15) is 0 Å². The normalized spacial score (nSPS) is 19.6. The highest BCUT2D eigenvalue weighted by molar-refractivity contribution is 7.88. The fraction of sp³-hybridized carbons (Fsp3) is 0.889. The Balaban J connectivity index is 2.35. The molecule has 0 bridgehead atoms. The van der Waals surface area contributed by atoms with Crippen LogP contribution in [0, 0.1) is 0 Å². The van der Waals surface area contributed by atoms with Crippen LogP contribution < -0.4 is 5.32 Å². The summed E-state index contributed by atoms with van der Waals surface area (Å²) in [5.74, 6) is 0.251. The summed E-state index contributed by atoms with van der Waals surface area (Å²) >= 11 is 5.45. The fourth-order valence-electron chi connectivity index (χ4n) is 1.72. The maximum absolute atomic E-state index is 11.3. The van der Waals surface area contributed by atoms with Crippen LogP contribution in [0.1, 0.15) is 19.3 Å². The van der Waals surface area contributed by atoms with Crippen molar-refractivity contribution in [3.63, 3.8) is 0 Å². The van der Waals surface area contributed by atoms with Gasteiger partial charge in [-0.2, -0.15) is 0 Å². The molecule has 1 saturated heterocycles. The predicted octanol–water partition coefficient (Wildman–Crippen LogP) is 0.155. The van der Waals surface area contributed by atoms with Crippen molar-refractivity contribution in [2.75, 3.05) is 25.2 Å². The maximum atomic E-state index is 11.3. The molecule has 0 aromatic heterocycles. The van der Waals surface area contributed by atoms with Crippen molar-refractivity contribution in [1.29, 1.82) is 0 Å². The van der Waals surface area contributed by atoms with Crippen molar-refractivity contribution >= 4 is 27.5 Å². The largest absolute Gasteiger partial charge is 0.353 e. The molecule has 0 saturated carbocycles. The highest BCUT2D eigenvalue weighted by Gasteiger charge is 2.25. The van der Waals surface area contributed by atoms with E-state index < -0.39 is 10.0 Å². The minimum atomic E-state index is -3.09. The number of carbonyl (C=O) groups is 1. The van der Waals surface area contributed by atoms with Crippen LogP contribution in [0.25, 0.3) is 0 Å². The number of hydrogen-bond donors (Lipinski definition) is 1. The van der Waals surface area contributed by atoms with Gasteiger partial charge < -0.3 is 5.32 Å². The SMILES string of the molecule is CS(=O)(=O)N1CCC(NC(=O)CCCl)CC1. The van der Waals surface area contributed by atoms with Gasteiger partial charge in [0.25, 0.3) is 0 Å². The summed E-state index contributed by atoms with van der Waals surface area (Å²) in [6.07, 6.45) is 2.86. The molecule has 1 amide bonds. The number of rotatable bonds is 4. The van der Waals surface area contributed by atoms with Gasteiger partial charge in [-0.1, -0.05) is 0 Å². The number of nitrogens with one attached hydrogen (secondary N) is 1. The van der Waals surface area contributed by atoms with E-state index >= 15 is 0 Å². The minimum Gasteiger partial charge on any atom is -0.353 e. The lowest BCUT2D eigenvalue weighted by Crippen LogP contribution is -2.46.